The third kappa shape index (κ3) is 1.74. The van der Waals surface area contributed by atoms with Crippen LogP contribution in [0.15, 0.2) is 36.4 Å². The molecule has 2 bridgehead atoms. The second-order valence-electron chi connectivity index (χ2n) is 6.62. The molecule has 0 aromatic heterocycles. The standard InChI is InChI=1S/C17H14N4O4/c22-16-15-12-7-9(8-18-12)19(15)17(23)20(16)13-5-6-14(21(24)25)11-4-2-1-3-10(11)13/h1-6,9,12,15,18H,7-8H2/t9?,12?,15-/m0/s1. The van der Waals surface area contributed by atoms with Gasteiger partial charge in [-0.2, -0.15) is 0 Å². The summed E-state index contributed by atoms with van der Waals surface area (Å²) >= 11 is 0. The van der Waals surface area contributed by atoms with Gasteiger partial charge in [-0.15, -0.1) is 0 Å². The molecule has 3 heterocycles. The Morgan fingerprint density at radius 1 is 1.12 bits per heavy atom. The number of piperazine rings is 1. The first-order valence-corrected chi connectivity index (χ1v) is 8.13. The Morgan fingerprint density at radius 3 is 2.60 bits per heavy atom. The summed E-state index contributed by atoms with van der Waals surface area (Å²) in [4.78, 5) is 39.5. The lowest BCUT2D eigenvalue weighted by Crippen LogP contribution is -2.51. The molecule has 25 heavy (non-hydrogen) atoms. The van der Waals surface area contributed by atoms with Crippen LogP contribution in [0.2, 0.25) is 0 Å². The fourth-order valence-electron chi connectivity index (χ4n) is 4.37. The van der Waals surface area contributed by atoms with E-state index in [2.05, 4.69) is 5.32 Å². The SMILES string of the molecule is O=C1[C@@H]2C3CC(CN3)N2C(=O)N1c1ccc([N+](=O)[O-])c2ccccc12. The summed E-state index contributed by atoms with van der Waals surface area (Å²) in [7, 11) is 0. The van der Waals surface area contributed by atoms with Gasteiger partial charge in [0.2, 0.25) is 0 Å². The third-order valence-corrected chi connectivity index (χ3v) is 5.42. The molecule has 0 saturated carbocycles. The highest BCUT2D eigenvalue weighted by molar-refractivity contribution is 6.25. The molecule has 8 nitrogen and oxygen atoms in total. The van der Waals surface area contributed by atoms with Gasteiger partial charge < -0.3 is 10.2 Å². The number of hydrogen-bond donors (Lipinski definition) is 1. The molecule has 2 aromatic rings. The van der Waals surface area contributed by atoms with Gasteiger partial charge in [-0.1, -0.05) is 18.2 Å². The molecule has 0 spiro atoms. The van der Waals surface area contributed by atoms with Gasteiger partial charge >= 0.3 is 6.03 Å². The quantitative estimate of drug-likeness (QED) is 0.510. The number of nitrogens with zero attached hydrogens (tertiary/aromatic N) is 3. The van der Waals surface area contributed by atoms with Crippen molar-refractivity contribution in [2.45, 2.75) is 24.5 Å². The smallest absolute Gasteiger partial charge is 0.309 e. The van der Waals surface area contributed by atoms with Crippen molar-refractivity contribution in [3.05, 3.63) is 46.5 Å². The first-order valence-electron chi connectivity index (χ1n) is 8.13. The molecule has 8 heteroatoms. The van der Waals surface area contributed by atoms with Crippen LogP contribution in [-0.4, -0.2) is 46.4 Å². The number of nitrogens with one attached hydrogen (secondary N) is 1. The van der Waals surface area contributed by atoms with E-state index in [0.29, 0.717) is 23.0 Å². The van der Waals surface area contributed by atoms with Gasteiger partial charge in [0.1, 0.15) is 6.04 Å². The zero-order valence-corrected chi connectivity index (χ0v) is 13.1. The van der Waals surface area contributed by atoms with Crippen molar-refractivity contribution >= 4 is 34.1 Å². The lowest BCUT2D eigenvalue weighted by molar-refractivity contribution is -0.383. The highest BCUT2D eigenvalue weighted by Gasteiger charge is 2.59. The molecule has 3 atom stereocenters. The van der Waals surface area contributed by atoms with Crippen molar-refractivity contribution in [2.75, 3.05) is 11.4 Å². The summed E-state index contributed by atoms with van der Waals surface area (Å²) in [6.07, 6.45) is 0.803. The number of benzene rings is 2. The van der Waals surface area contributed by atoms with Crippen molar-refractivity contribution in [2.24, 2.45) is 0 Å². The van der Waals surface area contributed by atoms with Crippen molar-refractivity contribution < 1.29 is 14.5 Å². The van der Waals surface area contributed by atoms with Crippen LogP contribution in [0, 0.1) is 10.1 Å². The average Bonchev–Trinajstić information content (AvgIpc) is 3.28. The van der Waals surface area contributed by atoms with Crippen LogP contribution in [0.4, 0.5) is 16.2 Å². The maximum atomic E-state index is 12.9. The minimum Gasteiger partial charge on any atom is -0.309 e. The fourth-order valence-corrected chi connectivity index (χ4v) is 4.37. The highest BCUT2D eigenvalue weighted by atomic mass is 16.6. The van der Waals surface area contributed by atoms with Crippen LogP contribution in [0.1, 0.15) is 6.42 Å². The van der Waals surface area contributed by atoms with Gasteiger partial charge in [0.25, 0.3) is 11.6 Å². The Labute approximate surface area is 142 Å². The van der Waals surface area contributed by atoms with E-state index in [-0.39, 0.29) is 29.7 Å². The Kier molecular flexibility index (Phi) is 2.73. The second-order valence-corrected chi connectivity index (χ2v) is 6.62. The van der Waals surface area contributed by atoms with Crippen molar-refractivity contribution in [3.8, 4) is 0 Å². The number of non-ortho nitro benzene ring substituents is 1. The maximum absolute atomic E-state index is 12.9. The Bertz CT molecular complexity index is 931. The number of imide groups is 1. The van der Waals surface area contributed by atoms with Crippen LogP contribution in [-0.2, 0) is 4.79 Å². The predicted molar refractivity (Wildman–Crippen MR) is 89.3 cm³/mol. The minimum absolute atomic E-state index is 0.00392. The lowest BCUT2D eigenvalue weighted by atomic mass is 10.1. The molecule has 0 radical (unpaired) electrons. The van der Waals surface area contributed by atoms with Gasteiger partial charge in [0.05, 0.1) is 16.0 Å². The second kappa shape index (κ2) is 4.76. The monoisotopic (exact) mass is 338 g/mol. The van der Waals surface area contributed by atoms with Gasteiger partial charge in [-0.25, -0.2) is 9.69 Å². The summed E-state index contributed by atoms with van der Waals surface area (Å²) in [6.45, 7) is 0.703. The van der Waals surface area contributed by atoms with Crippen molar-refractivity contribution in [1.82, 2.24) is 10.2 Å². The van der Waals surface area contributed by atoms with E-state index in [1.165, 1.54) is 17.0 Å². The zero-order chi connectivity index (χ0) is 17.3. The number of carbonyl (C=O) groups excluding carboxylic acids is 2. The van der Waals surface area contributed by atoms with Crippen molar-refractivity contribution in [3.63, 3.8) is 0 Å². The topological polar surface area (TPSA) is 95.8 Å². The van der Waals surface area contributed by atoms with Crippen LogP contribution < -0.4 is 10.2 Å². The summed E-state index contributed by atoms with van der Waals surface area (Å²) < 4.78 is 0. The van der Waals surface area contributed by atoms with E-state index in [1.807, 2.05) is 0 Å². The minimum atomic E-state index is -0.472. The molecule has 3 saturated heterocycles. The van der Waals surface area contributed by atoms with E-state index < -0.39 is 11.0 Å². The van der Waals surface area contributed by atoms with Crippen LogP contribution in [0.25, 0.3) is 10.8 Å². The van der Waals surface area contributed by atoms with Crippen LogP contribution in [0.3, 0.4) is 0 Å². The lowest BCUT2D eigenvalue weighted by Gasteiger charge is -2.26. The molecule has 5 rings (SSSR count). The summed E-state index contributed by atoms with van der Waals surface area (Å²) in [5.74, 6) is -0.260. The predicted octanol–water partition coefficient (Wildman–Crippen LogP) is 1.63. The summed E-state index contributed by atoms with van der Waals surface area (Å²) in [5.41, 5.74) is 0.366. The van der Waals surface area contributed by atoms with Crippen LogP contribution in [0.5, 0.6) is 0 Å². The largest absolute Gasteiger partial charge is 0.332 e. The molecule has 3 fully saturated rings. The summed E-state index contributed by atoms with van der Waals surface area (Å²) in [6, 6.07) is 8.87. The first-order chi connectivity index (χ1) is 12.1. The molecule has 126 valence electrons. The van der Waals surface area contributed by atoms with Gasteiger partial charge in [-0.3, -0.25) is 14.9 Å². The van der Waals surface area contributed by atoms with E-state index in [1.54, 1.807) is 29.2 Å². The molecule has 0 aliphatic carbocycles. The number of carbonyl (C=O) groups is 2. The number of amides is 3. The molecular weight excluding hydrogens is 324 g/mol. The Morgan fingerprint density at radius 2 is 1.88 bits per heavy atom. The van der Waals surface area contributed by atoms with Gasteiger partial charge in [-0.05, 0) is 18.6 Å². The number of fused-ring (bicyclic) bond motifs is 6. The van der Waals surface area contributed by atoms with Crippen LogP contribution >= 0.6 is 0 Å². The van der Waals surface area contributed by atoms with Gasteiger partial charge in [0, 0.05) is 30.1 Å². The van der Waals surface area contributed by atoms with E-state index in [9.17, 15) is 19.7 Å². The zero-order valence-electron chi connectivity index (χ0n) is 13.1. The number of hydrogen-bond acceptors (Lipinski definition) is 5. The fraction of sp³-hybridized carbons (Fsp3) is 0.294. The average molecular weight is 338 g/mol. The maximum Gasteiger partial charge on any atom is 0.332 e. The summed E-state index contributed by atoms with van der Waals surface area (Å²) in [5, 5.41) is 15.5. The van der Waals surface area contributed by atoms with E-state index >= 15 is 0 Å². The van der Waals surface area contributed by atoms with E-state index in [4.69, 9.17) is 0 Å². The number of nitro benzene ring substituents is 1. The molecule has 3 amide bonds. The number of anilines is 1. The Balaban J connectivity index is 1.67. The molecule has 2 unspecified atom stereocenters. The first kappa shape index (κ1) is 14.4. The number of rotatable bonds is 2. The molecule has 3 aliphatic heterocycles. The van der Waals surface area contributed by atoms with Crippen molar-refractivity contribution in [1.29, 1.82) is 0 Å². The van der Waals surface area contributed by atoms with Gasteiger partial charge in [0.15, 0.2) is 0 Å². The molecular formula is C17H14N4O4. The third-order valence-electron chi connectivity index (χ3n) is 5.42. The Hall–Kier alpha value is -3.00. The van der Waals surface area contributed by atoms with E-state index in [0.717, 1.165) is 6.42 Å². The number of nitro groups is 1. The molecule has 2 aromatic carbocycles. The number of urea groups is 1. The molecule has 1 N–H and O–H groups in total. The highest BCUT2D eigenvalue weighted by Crippen LogP contribution is 2.41. The molecule has 3 aliphatic rings. The normalized spacial score (nSPS) is 27.4.